The second kappa shape index (κ2) is 8.53. The van der Waals surface area contributed by atoms with E-state index in [0.717, 1.165) is 25.7 Å². The maximum Gasteiger partial charge on any atom is 0.161 e. The Morgan fingerprint density at radius 2 is 2.00 bits per heavy atom. The van der Waals surface area contributed by atoms with Crippen molar-refractivity contribution in [2.45, 2.75) is 19.8 Å². The first-order valence-corrected chi connectivity index (χ1v) is 6.15. The van der Waals surface area contributed by atoms with Gasteiger partial charge < -0.3 is 14.2 Å². The van der Waals surface area contributed by atoms with E-state index >= 15 is 0 Å². The van der Waals surface area contributed by atoms with Gasteiger partial charge in [0.25, 0.3) is 0 Å². The number of carbonyl (C=O) groups excluding carboxylic acids is 1. The summed E-state index contributed by atoms with van der Waals surface area (Å²) in [6.45, 7) is 3.86. The van der Waals surface area contributed by atoms with Crippen molar-refractivity contribution in [3.05, 3.63) is 23.8 Å². The number of hydrogen-bond donors (Lipinski definition) is 0. The van der Waals surface area contributed by atoms with Crippen LogP contribution in [0.5, 0.6) is 11.5 Å². The minimum absolute atomic E-state index is 0.447. The molecule has 1 aromatic rings. The van der Waals surface area contributed by atoms with E-state index in [-0.39, 0.29) is 0 Å². The van der Waals surface area contributed by atoms with Crippen LogP contribution in [-0.2, 0) is 4.74 Å². The van der Waals surface area contributed by atoms with Gasteiger partial charge in [0.15, 0.2) is 11.5 Å². The van der Waals surface area contributed by atoms with Crippen molar-refractivity contribution >= 4 is 6.29 Å². The Morgan fingerprint density at radius 1 is 1.17 bits per heavy atom. The number of rotatable bonds is 9. The van der Waals surface area contributed by atoms with Gasteiger partial charge in [0.05, 0.1) is 13.7 Å². The summed E-state index contributed by atoms with van der Waals surface area (Å²) in [6, 6.07) is 5.07. The molecule has 0 N–H and O–H groups in total. The Kier molecular flexibility index (Phi) is 6.87. The molecule has 1 aromatic carbocycles. The molecule has 1 rings (SSSR count). The van der Waals surface area contributed by atoms with E-state index in [2.05, 4.69) is 6.92 Å². The molecule has 4 nitrogen and oxygen atoms in total. The fourth-order valence-electron chi connectivity index (χ4n) is 1.44. The van der Waals surface area contributed by atoms with Crippen LogP contribution in [-0.4, -0.2) is 33.2 Å². The van der Waals surface area contributed by atoms with E-state index in [1.165, 1.54) is 0 Å². The monoisotopic (exact) mass is 252 g/mol. The van der Waals surface area contributed by atoms with Gasteiger partial charge in [-0.3, -0.25) is 4.79 Å². The zero-order valence-corrected chi connectivity index (χ0v) is 11.0. The maximum atomic E-state index is 10.7. The van der Waals surface area contributed by atoms with Gasteiger partial charge in [-0.15, -0.1) is 0 Å². The highest BCUT2D eigenvalue weighted by Crippen LogP contribution is 2.27. The van der Waals surface area contributed by atoms with Crippen molar-refractivity contribution in [3.63, 3.8) is 0 Å². The number of benzene rings is 1. The van der Waals surface area contributed by atoms with Crippen molar-refractivity contribution in [1.82, 2.24) is 0 Å². The summed E-state index contributed by atoms with van der Waals surface area (Å²) in [5.41, 5.74) is 0.567. The average Bonchev–Trinajstić information content (AvgIpc) is 2.42. The average molecular weight is 252 g/mol. The second-order valence-electron chi connectivity index (χ2n) is 3.84. The summed E-state index contributed by atoms with van der Waals surface area (Å²) in [5, 5.41) is 0. The van der Waals surface area contributed by atoms with E-state index in [0.29, 0.717) is 30.3 Å². The summed E-state index contributed by atoms with van der Waals surface area (Å²) in [7, 11) is 1.57. The molecule has 0 unspecified atom stereocenters. The number of aldehydes is 1. The van der Waals surface area contributed by atoms with Crippen LogP contribution in [0.3, 0.4) is 0 Å². The van der Waals surface area contributed by atoms with Crippen molar-refractivity contribution < 1.29 is 19.0 Å². The third-order valence-electron chi connectivity index (χ3n) is 2.45. The standard InChI is InChI=1S/C14H20O4/c1-3-4-7-17-8-9-18-14-10-12(11-15)5-6-13(14)16-2/h5-6,10-11H,3-4,7-9H2,1-2H3. The number of ether oxygens (including phenoxy) is 3. The van der Waals surface area contributed by atoms with E-state index < -0.39 is 0 Å². The lowest BCUT2D eigenvalue weighted by molar-refractivity contribution is 0.0969. The predicted octanol–water partition coefficient (Wildman–Crippen LogP) is 2.70. The molecular weight excluding hydrogens is 232 g/mol. The highest BCUT2D eigenvalue weighted by Gasteiger charge is 2.05. The van der Waals surface area contributed by atoms with Gasteiger partial charge in [0, 0.05) is 12.2 Å². The van der Waals surface area contributed by atoms with Crippen LogP contribution >= 0.6 is 0 Å². The lowest BCUT2D eigenvalue weighted by Gasteiger charge is -2.11. The summed E-state index contributed by atoms with van der Waals surface area (Å²) in [6.07, 6.45) is 2.96. The molecule has 0 spiro atoms. The van der Waals surface area contributed by atoms with Crippen molar-refractivity contribution in [3.8, 4) is 11.5 Å². The first kappa shape index (κ1) is 14.5. The SMILES string of the molecule is CCCCOCCOc1cc(C=O)ccc1OC. The smallest absolute Gasteiger partial charge is 0.161 e. The maximum absolute atomic E-state index is 10.7. The topological polar surface area (TPSA) is 44.8 Å². The zero-order chi connectivity index (χ0) is 13.2. The number of methoxy groups -OCH3 is 1. The molecule has 0 saturated heterocycles. The molecule has 0 aliphatic carbocycles. The van der Waals surface area contributed by atoms with E-state index in [1.807, 2.05) is 0 Å². The largest absolute Gasteiger partial charge is 0.493 e. The van der Waals surface area contributed by atoms with Crippen molar-refractivity contribution in [2.75, 3.05) is 26.9 Å². The van der Waals surface area contributed by atoms with E-state index in [4.69, 9.17) is 14.2 Å². The normalized spacial score (nSPS) is 10.1. The lowest BCUT2D eigenvalue weighted by atomic mass is 10.2. The summed E-state index contributed by atoms with van der Waals surface area (Å²) >= 11 is 0. The molecule has 0 bridgehead atoms. The molecule has 0 amide bonds. The number of unbranched alkanes of at least 4 members (excludes halogenated alkanes) is 1. The molecule has 0 heterocycles. The predicted molar refractivity (Wildman–Crippen MR) is 69.6 cm³/mol. The van der Waals surface area contributed by atoms with Crippen LogP contribution < -0.4 is 9.47 Å². The van der Waals surface area contributed by atoms with Gasteiger partial charge in [-0.2, -0.15) is 0 Å². The summed E-state index contributed by atoms with van der Waals surface area (Å²) in [5.74, 6) is 1.19. The molecule has 0 fully saturated rings. The van der Waals surface area contributed by atoms with Crippen LogP contribution in [0.4, 0.5) is 0 Å². The molecule has 0 radical (unpaired) electrons. The molecule has 18 heavy (non-hydrogen) atoms. The third-order valence-corrected chi connectivity index (χ3v) is 2.45. The van der Waals surface area contributed by atoms with Gasteiger partial charge in [0.1, 0.15) is 12.9 Å². The summed E-state index contributed by atoms with van der Waals surface area (Å²) < 4.78 is 16.1. The molecule has 0 aromatic heterocycles. The van der Waals surface area contributed by atoms with E-state index in [1.54, 1.807) is 25.3 Å². The highest BCUT2D eigenvalue weighted by molar-refractivity contribution is 5.76. The minimum Gasteiger partial charge on any atom is -0.493 e. The van der Waals surface area contributed by atoms with Gasteiger partial charge in [0.2, 0.25) is 0 Å². The Balaban J connectivity index is 2.42. The third kappa shape index (κ3) is 4.75. The van der Waals surface area contributed by atoms with Crippen molar-refractivity contribution in [2.24, 2.45) is 0 Å². The first-order valence-electron chi connectivity index (χ1n) is 6.15. The molecule has 0 aliphatic rings. The van der Waals surface area contributed by atoms with Gasteiger partial charge in [-0.25, -0.2) is 0 Å². The second-order valence-corrected chi connectivity index (χ2v) is 3.84. The molecule has 100 valence electrons. The van der Waals surface area contributed by atoms with Gasteiger partial charge >= 0.3 is 0 Å². The molecular formula is C14H20O4. The molecule has 0 saturated carbocycles. The Hall–Kier alpha value is -1.55. The number of hydrogen-bond acceptors (Lipinski definition) is 4. The Labute approximate surface area is 108 Å². The van der Waals surface area contributed by atoms with Crippen LogP contribution in [0.25, 0.3) is 0 Å². The summed E-state index contributed by atoms with van der Waals surface area (Å²) in [4.78, 5) is 10.7. The quantitative estimate of drug-likeness (QED) is 0.500. The fraction of sp³-hybridized carbons (Fsp3) is 0.500. The number of carbonyl (C=O) groups is 1. The fourth-order valence-corrected chi connectivity index (χ4v) is 1.44. The first-order chi connectivity index (χ1) is 8.81. The molecule has 4 heteroatoms. The Morgan fingerprint density at radius 3 is 2.67 bits per heavy atom. The Bertz CT molecular complexity index is 363. The highest BCUT2D eigenvalue weighted by atomic mass is 16.5. The minimum atomic E-state index is 0.447. The lowest BCUT2D eigenvalue weighted by Crippen LogP contribution is -2.08. The van der Waals surface area contributed by atoms with Gasteiger partial charge in [-0.05, 0) is 24.6 Å². The molecule has 0 atom stereocenters. The molecule has 0 aliphatic heterocycles. The van der Waals surface area contributed by atoms with Crippen LogP contribution in [0.1, 0.15) is 30.1 Å². The van der Waals surface area contributed by atoms with E-state index in [9.17, 15) is 4.79 Å². The van der Waals surface area contributed by atoms with Crippen LogP contribution in [0.2, 0.25) is 0 Å². The van der Waals surface area contributed by atoms with Crippen LogP contribution in [0.15, 0.2) is 18.2 Å². The van der Waals surface area contributed by atoms with Gasteiger partial charge in [-0.1, -0.05) is 13.3 Å². The van der Waals surface area contributed by atoms with Crippen molar-refractivity contribution in [1.29, 1.82) is 0 Å². The zero-order valence-electron chi connectivity index (χ0n) is 11.0. The van der Waals surface area contributed by atoms with Crippen LogP contribution in [0, 0.1) is 0 Å².